The highest BCUT2D eigenvalue weighted by atomic mass is 14.0. The quantitative estimate of drug-likeness (QED) is 0.608. The molecule has 0 spiro atoms. The summed E-state index contributed by atoms with van der Waals surface area (Å²) >= 11 is 0. The Morgan fingerprint density at radius 3 is 2.62 bits per heavy atom. The van der Waals surface area contributed by atoms with E-state index in [4.69, 9.17) is 0 Å². The zero-order valence-corrected chi connectivity index (χ0v) is 8.33. The van der Waals surface area contributed by atoms with Crippen molar-refractivity contribution >= 4 is 6.08 Å². The van der Waals surface area contributed by atoms with Crippen molar-refractivity contribution in [2.45, 2.75) is 20.3 Å². The zero-order chi connectivity index (χ0) is 9.52. The SMILES string of the molecule is C/C=C/C=C\c1ccccc1CC. The minimum Gasteiger partial charge on any atom is -0.0877 e. The summed E-state index contributed by atoms with van der Waals surface area (Å²) in [7, 11) is 0. The van der Waals surface area contributed by atoms with E-state index in [2.05, 4.69) is 43.3 Å². The highest BCUT2D eigenvalue weighted by Gasteiger charge is 1.92. The van der Waals surface area contributed by atoms with Gasteiger partial charge in [-0.25, -0.2) is 0 Å². The van der Waals surface area contributed by atoms with Gasteiger partial charge in [-0.1, -0.05) is 55.5 Å². The van der Waals surface area contributed by atoms with Crippen LogP contribution in [0.4, 0.5) is 0 Å². The molecule has 0 heteroatoms. The molecule has 0 aliphatic carbocycles. The van der Waals surface area contributed by atoms with E-state index in [-0.39, 0.29) is 0 Å². The van der Waals surface area contributed by atoms with Crippen LogP contribution in [0, 0.1) is 0 Å². The lowest BCUT2D eigenvalue weighted by Gasteiger charge is -2.00. The normalized spacial score (nSPS) is 11.5. The Morgan fingerprint density at radius 2 is 1.92 bits per heavy atom. The topological polar surface area (TPSA) is 0 Å². The standard InChI is InChI=1S/C13H16/c1-3-5-6-10-13-11-8-7-9-12(13)4-2/h3,5-11H,4H2,1-2H3/b5-3+,10-6-. The van der Waals surface area contributed by atoms with E-state index in [0.29, 0.717) is 0 Å². The van der Waals surface area contributed by atoms with Gasteiger partial charge in [0, 0.05) is 0 Å². The Kier molecular flexibility index (Phi) is 4.04. The van der Waals surface area contributed by atoms with Crippen molar-refractivity contribution in [3.8, 4) is 0 Å². The fourth-order valence-electron chi connectivity index (χ4n) is 1.29. The lowest BCUT2D eigenvalue weighted by Crippen LogP contribution is -1.83. The van der Waals surface area contributed by atoms with Gasteiger partial charge >= 0.3 is 0 Å². The molecule has 0 heterocycles. The smallest absolute Gasteiger partial charge is 0.0225 e. The van der Waals surface area contributed by atoms with Crippen molar-refractivity contribution in [2.24, 2.45) is 0 Å². The molecule has 0 amide bonds. The Hall–Kier alpha value is -1.30. The van der Waals surface area contributed by atoms with E-state index in [0.717, 1.165) is 6.42 Å². The fourth-order valence-corrected chi connectivity index (χ4v) is 1.29. The van der Waals surface area contributed by atoms with Crippen molar-refractivity contribution in [1.29, 1.82) is 0 Å². The average Bonchev–Trinajstić information content (AvgIpc) is 2.19. The van der Waals surface area contributed by atoms with Crippen LogP contribution in [-0.2, 0) is 6.42 Å². The lowest BCUT2D eigenvalue weighted by molar-refractivity contribution is 1.13. The van der Waals surface area contributed by atoms with Gasteiger partial charge in [-0.15, -0.1) is 0 Å². The highest BCUT2D eigenvalue weighted by molar-refractivity contribution is 5.55. The highest BCUT2D eigenvalue weighted by Crippen LogP contribution is 2.10. The lowest BCUT2D eigenvalue weighted by atomic mass is 10.1. The Labute approximate surface area is 80.6 Å². The summed E-state index contributed by atoms with van der Waals surface area (Å²) in [5, 5.41) is 0. The first-order valence-corrected chi connectivity index (χ1v) is 4.75. The number of allylic oxidation sites excluding steroid dienone is 3. The van der Waals surface area contributed by atoms with Crippen LogP contribution in [0.5, 0.6) is 0 Å². The van der Waals surface area contributed by atoms with Gasteiger partial charge in [-0.05, 0) is 24.5 Å². The number of rotatable bonds is 3. The molecular weight excluding hydrogens is 156 g/mol. The third kappa shape index (κ3) is 2.90. The van der Waals surface area contributed by atoms with Gasteiger partial charge in [0.05, 0.1) is 0 Å². The monoisotopic (exact) mass is 172 g/mol. The van der Waals surface area contributed by atoms with Gasteiger partial charge in [-0.3, -0.25) is 0 Å². The molecule has 0 aliphatic heterocycles. The second-order valence-corrected chi connectivity index (χ2v) is 2.94. The molecular formula is C13H16. The first-order chi connectivity index (χ1) is 6.38. The second-order valence-electron chi connectivity index (χ2n) is 2.94. The van der Waals surface area contributed by atoms with Gasteiger partial charge in [0.15, 0.2) is 0 Å². The van der Waals surface area contributed by atoms with Gasteiger partial charge in [-0.2, -0.15) is 0 Å². The summed E-state index contributed by atoms with van der Waals surface area (Å²) in [4.78, 5) is 0. The number of benzene rings is 1. The van der Waals surface area contributed by atoms with Crippen LogP contribution in [0.1, 0.15) is 25.0 Å². The average molecular weight is 172 g/mol. The van der Waals surface area contributed by atoms with Gasteiger partial charge in [0.1, 0.15) is 0 Å². The van der Waals surface area contributed by atoms with E-state index in [1.807, 2.05) is 19.1 Å². The van der Waals surface area contributed by atoms with E-state index in [1.165, 1.54) is 11.1 Å². The number of hydrogen-bond acceptors (Lipinski definition) is 0. The second kappa shape index (κ2) is 5.36. The van der Waals surface area contributed by atoms with Crippen LogP contribution in [0.15, 0.2) is 42.5 Å². The van der Waals surface area contributed by atoms with E-state index in [1.54, 1.807) is 0 Å². The summed E-state index contributed by atoms with van der Waals surface area (Å²) in [6.45, 7) is 4.21. The van der Waals surface area contributed by atoms with Crippen molar-refractivity contribution in [3.05, 3.63) is 53.6 Å². The third-order valence-electron chi connectivity index (χ3n) is 2.02. The maximum absolute atomic E-state index is 2.18. The molecule has 0 fully saturated rings. The summed E-state index contributed by atoms with van der Waals surface area (Å²) in [5.41, 5.74) is 2.73. The maximum atomic E-state index is 2.18. The molecule has 0 unspecified atom stereocenters. The molecule has 0 nitrogen and oxygen atoms in total. The Bertz CT molecular complexity index is 306. The first-order valence-electron chi connectivity index (χ1n) is 4.75. The molecule has 68 valence electrons. The van der Waals surface area contributed by atoms with Gasteiger partial charge < -0.3 is 0 Å². The van der Waals surface area contributed by atoms with Crippen LogP contribution in [0.25, 0.3) is 6.08 Å². The predicted octanol–water partition coefficient (Wildman–Crippen LogP) is 3.84. The van der Waals surface area contributed by atoms with Gasteiger partial charge in [0.2, 0.25) is 0 Å². The summed E-state index contributed by atoms with van der Waals surface area (Å²) in [6, 6.07) is 8.49. The van der Waals surface area contributed by atoms with Crippen LogP contribution in [0.3, 0.4) is 0 Å². The largest absolute Gasteiger partial charge is 0.0877 e. The van der Waals surface area contributed by atoms with Crippen LogP contribution in [-0.4, -0.2) is 0 Å². The van der Waals surface area contributed by atoms with Crippen LogP contribution >= 0.6 is 0 Å². The molecule has 0 N–H and O–H groups in total. The van der Waals surface area contributed by atoms with Crippen LogP contribution in [0.2, 0.25) is 0 Å². The molecule has 1 rings (SSSR count). The number of hydrogen-bond donors (Lipinski definition) is 0. The van der Waals surface area contributed by atoms with Crippen molar-refractivity contribution in [1.82, 2.24) is 0 Å². The van der Waals surface area contributed by atoms with Crippen molar-refractivity contribution in [3.63, 3.8) is 0 Å². The Morgan fingerprint density at radius 1 is 1.15 bits per heavy atom. The van der Waals surface area contributed by atoms with Crippen molar-refractivity contribution in [2.75, 3.05) is 0 Å². The molecule has 1 aromatic carbocycles. The molecule has 0 radical (unpaired) electrons. The Balaban J connectivity index is 2.86. The summed E-state index contributed by atoms with van der Waals surface area (Å²) < 4.78 is 0. The minimum absolute atomic E-state index is 1.09. The first kappa shape index (κ1) is 9.79. The zero-order valence-electron chi connectivity index (χ0n) is 8.33. The third-order valence-corrected chi connectivity index (χ3v) is 2.02. The molecule has 13 heavy (non-hydrogen) atoms. The number of aryl methyl sites for hydroxylation is 1. The fraction of sp³-hybridized carbons (Fsp3) is 0.231. The molecule has 0 aromatic heterocycles. The molecule has 0 saturated heterocycles. The predicted molar refractivity (Wildman–Crippen MR) is 59.7 cm³/mol. The summed E-state index contributed by atoms with van der Waals surface area (Å²) in [6.07, 6.45) is 9.40. The van der Waals surface area contributed by atoms with Crippen LogP contribution < -0.4 is 0 Å². The maximum Gasteiger partial charge on any atom is -0.0225 e. The van der Waals surface area contributed by atoms with Gasteiger partial charge in [0.25, 0.3) is 0 Å². The van der Waals surface area contributed by atoms with E-state index in [9.17, 15) is 0 Å². The minimum atomic E-state index is 1.09. The van der Waals surface area contributed by atoms with E-state index < -0.39 is 0 Å². The molecule has 0 aliphatic rings. The van der Waals surface area contributed by atoms with Crippen molar-refractivity contribution < 1.29 is 0 Å². The summed E-state index contributed by atoms with van der Waals surface area (Å²) in [5.74, 6) is 0. The van der Waals surface area contributed by atoms with E-state index >= 15 is 0 Å². The molecule has 0 bridgehead atoms. The molecule has 1 aromatic rings. The molecule has 0 atom stereocenters. The molecule has 0 saturated carbocycles.